The molecular weight excluding hydrogens is 348 g/mol. The van der Waals surface area contributed by atoms with Crippen LogP contribution >= 0.6 is 0 Å². The summed E-state index contributed by atoms with van der Waals surface area (Å²) in [4.78, 5) is 56.0. The van der Waals surface area contributed by atoms with Crippen molar-refractivity contribution in [3.63, 3.8) is 0 Å². The SMILES string of the molecule is O=C(c1cnccn1)N1CC[C@@H](c2nc(-c3ccc[nH]c3=O)cc(=O)[nH]2)C1. The minimum Gasteiger partial charge on any atom is -0.337 e. The van der Waals surface area contributed by atoms with Gasteiger partial charge in [0.2, 0.25) is 0 Å². The van der Waals surface area contributed by atoms with Crippen LogP contribution in [0.25, 0.3) is 11.3 Å². The summed E-state index contributed by atoms with van der Waals surface area (Å²) in [5, 5.41) is 0. The number of carbonyl (C=O) groups is 1. The van der Waals surface area contributed by atoms with Crippen molar-refractivity contribution in [2.45, 2.75) is 12.3 Å². The molecule has 2 N–H and O–H groups in total. The molecule has 3 aromatic rings. The monoisotopic (exact) mass is 364 g/mol. The molecule has 1 aliphatic heterocycles. The Morgan fingerprint density at radius 1 is 1.26 bits per heavy atom. The molecule has 0 aliphatic carbocycles. The van der Waals surface area contributed by atoms with Crippen molar-refractivity contribution in [1.29, 1.82) is 0 Å². The summed E-state index contributed by atoms with van der Waals surface area (Å²) >= 11 is 0. The first-order valence-corrected chi connectivity index (χ1v) is 8.46. The summed E-state index contributed by atoms with van der Waals surface area (Å²) in [6, 6.07) is 4.59. The normalized spacial score (nSPS) is 16.4. The van der Waals surface area contributed by atoms with Crippen LogP contribution in [-0.4, -0.2) is 48.8 Å². The Morgan fingerprint density at radius 3 is 2.93 bits per heavy atom. The zero-order valence-corrected chi connectivity index (χ0v) is 14.3. The number of amides is 1. The zero-order valence-electron chi connectivity index (χ0n) is 14.3. The molecule has 1 aliphatic rings. The molecule has 1 saturated heterocycles. The maximum absolute atomic E-state index is 12.5. The van der Waals surface area contributed by atoms with Crippen molar-refractivity contribution in [3.05, 3.63) is 75.2 Å². The van der Waals surface area contributed by atoms with Crippen LogP contribution in [0.15, 0.2) is 52.6 Å². The van der Waals surface area contributed by atoms with Gasteiger partial charge in [0.15, 0.2) is 0 Å². The molecular formula is C18H16N6O3. The number of hydrogen-bond acceptors (Lipinski definition) is 6. The quantitative estimate of drug-likeness (QED) is 0.699. The lowest BCUT2D eigenvalue weighted by Crippen LogP contribution is -2.29. The number of rotatable bonds is 3. The van der Waals surface area contributed by atoms with Gasteiger partial charge in [-0.25, -0.2) is 9.97 Å². The molecule has 4 heterocycles. The van der Waals surface area contributed by atoms with Gasteiger partial charge in [-0.3, -0.25) is 19.4 Å². The average Bonchev–Trinajstić information content (AvgIpc) is 3.18. The van der Waals surface area contributed by atoms with E-state index in [4.69, 9.17) is 0 Å². The number of nitrogens with one attached hydrogen (secondary N) is 2. The first-order valence-electron chi connectivity index (χ1n) is 8.46. The Labute approximate surface area is 153 Å². The number of aromatic amines is 2. The topological polar surface area (TPSA) is 125 Å². The number of pyridine rings is 1. The van der Waals surface area contributed by atoms with E-state index in [-0.39, 0.29) is 28.6 Å². The number of nitrogens with zero attached hydrogens (tertiary/aromatic N) is 4. The van der Waals surface area contributed by atoms with Gasteiger partial charge in [-0.2, -0.15) is 0 Å². The van der Waals surface area contributed by atoms with Crippen molar-refractivity contribution < 1.29 is 4.79 Å². The first kappa shape index (κ1) is 16.8. The van der Waals surface area contributed by atoms with E-state index < -0.39 is 0 Å². The van der Waals surface area contributed by atoms with Gasteiger partial charge in [0.1, 0.15) is 11.5 Å². The Kier molecular flexibility index (Phi) is 4.33. The molecule has 1 fully saturated rings. The lowest BCUT2D eigenvalue weighted by atomic mass is 10.1. The molecule has 1 amide bonds. The molecule has 9 nitrogen and oxygen atoms in total. The third-order valence-corrected chi connectivity index (χ3v) is 4.50. The molecule has 0 bridgehead atoms. The van der Waals surface area contributed by atoms with Crippen molar-refractivity contribution in [2.75, 3.05) is 13.1 Å². The molecule has 9 heteroatoms. The van der Waals surface area contributed by atoms with E-state index in [0.717, 1.165) is 0 Å². The molecule has 136 valence electrons. The van der Waals surface area contributed by atoms with Gasteiger partial charge in [-0.1, -0.05) is 0 Å². The summed E-state index contributed by atoms with van der Waals surface area (Å²) in [6.45, 7) is 0.937. The van der Waals surface area contributed by atoms with Crippen molar-refractivity contribution in [1.82, 2.24) is 29.8 Å². The molecule has 0 unspecified atom stereocenters. The highest BCUT2D eigenvalue weighted by molar-refractivity contribution is 5.92. The molecule has 4 rings (SSSR count). The van der Waals surface area contributed by atoms with E-state index >= 15 is 0 Å². The highest BCUT2D eigenvalue weighted by Crippen LogP contribution is 2.26. The van der Waals surface area contributed by atoms with Crippen LogP contribution in [0.4, 0.5) is 0 Å². The first-order chi connectivity index (χ1) is 13.1. The Balaban J connectivity index is 1.60. The highest BCUT2D eigenvalue weighted by atomic mass is 16.2. The van der Waals surface area contributed by atoms with E-state index in [2.05, 4.69) is 24.9 Å². The van der Waals surface area contributed by atoms with Gasteiger partial charge in [-0.15, -0.1) is 0 Å². The van der Waals surface area contributed by atoms with E-state index in [1.165, 1.54) is 30.9 Å². The fraction of sp³-hybridized carbons (Fsp3) is 0.222. The Hall–Kier alpha value is -3.62. The van der Waals surface area contributed by atoms with E-state index in [0.29, 0.717) is 36.6 Å². The summed E-state index contributed by atoms with van der Waals surface area (Å²) in [5.41, 5.74) is 0.276. The van der Waals surface area contributed by atoms with Crippen LogP contribution in [0.5, 0.6) is 0 Å². The predicted octanol–water partition coefficient (Wildman–Crippen LogP) is 0.545. The molecule has 1 atom stereocenters. The van der Waals surface area contributed by atoms with Gasteiger partial charge < -0.3 is 14.9 Å². The molecule has 0 saturated carbocycles. The largest absolute Gasteiger partial charge is 0.337 e. The average molecular weight is 364 g/mol. The number of H-pyrrole nitrogens is 2. The fourth-order valence-electron chi connectivity index (χ4n) is 3.17. The van der Waals surface area contributed by atoms with Gasteiger partial charge in [-0.05, 0) is 18.6 Å². The van der Waals surface area contributed by atoms with Crippen LogP contribution in [-0.2, 0) is 0 Å². The molecule has 3 aromatic heterocycles. The van der Waals surface area contributed by atoms with Crippen molar-refractivity contribution in [2.24, 2.45) is 0 Å². The van der Waals surface area contributed by atoms with E-state index in [9.17, 15) is 14.4 Å². The number of aromatic nitrogens is 5. The molecule has 0 aromatic carbocycles. The lowest BCUT2D eigenvalue weighted by molar-refractivity contribution is 0.0784. The third kappa shape index (κ3) is 3.39. The minimum atomic E-state index is -0.336. The van der Waals surface area contributed by atoms with Crippen LogP contribution < -0.4 is 11.1 Å². The Morgan fingerprint density at radius 2 is 2.15 bits per heavy atom. The van der Waals surface area contributed by atoms with Gasteiger partial charge in [0.05, 0.1) is 17.5 Å². The second kappa shape index (κ2) is 6.94. The summed E-state index contributed by atoms with van der Waals surface area (Å²) in [6.07, 6.45) is 6.59. The third-order valence-electron chi connectivity index (χ3n) is 4.50. The van der Waals surface area contributed by atoms with Crippen molar-refractivity contribution in [3.8, 4) is 11.3 Å². The second-order valence-corrected chi connectivity index (χ2v) is 6.26. The second-order valence-electron chi connectivity index (χ2n) is 6.26. The van der Waals surface area contributed by atoms with Crippen molar-refractivity contribution >= 4 is 5.91 Å². The smallest absolute Gasteiger partial charge is 0.274 e. The highest BCUT2D eigenvalue weighted by Gasteiger charge is 2.30. The minimum absolute atomic E-state index is 0.124. The van der Waals surface area contributed by atoms with E-state index in [1.807, 2.05) is 0 Å². The maximum Gasteiger partial charge on any atom is 0.274 e. The number of hydrogen-bond donors (Lipinski definition) is 2. The summed E-state index contributed by atoms with van der Waals surface area (Å²) in [7, 11) is 0. The summed E-state index contributed by atoms with van der Waals surface area (Å²) < 4.78 is 0. The maximum atomic E-state index is 12.5. The molecule has 0 spiro atoms. The zero-order chi connectivity index (χ0) is 18.8. The standard InChI is InChI=1S/C18H16N6O3/c25-15-8-13(12-2-1-4-21-17(12)26)22-16(23-15)11-3-7-24(10-11)18(27)14-9-19-5-6-20-14/h1-2,4-6,8-9,11H,3,7,10H2,(H,21,26)(H,22,23,25)/t11-/m1/s1. The fourth-order valence-corrected chi connectivity index (χ4v) is 3.17. The molecule has 0 radical (unpaired) electrons. The van der Waals surface area contributed by atoms with Crippen LogP contribution in [0, 0.1) is 0 Å². The van der Waals surface area contributed by atoms with E-state index in [1.54, 1.807) is 17.0 Å². The lowest BCUT2D eigenvalue weighted by Gasteiger charge is -2.15. The number of carbonyl (C=O) groups excluding carboxylic acids is 1. The van der Waals surface area contributed by atoms with Gasteiger partial charge in [0.25, 0.3) is 17.0 Å². The summed E-state index contributed by atoms with van der Waals surface area (Å²) in [5.74, 6) is 0.139. The van der Waals surface area contributed by atoms with Crippen LogP contribution in [0.3, 0.4) is 0 Å². The number of likely N-dealkylation sites (tertiary alicyclic amines) is 1. The molecule has 27 heavy (non-hydrogen) atoms. The Bertz CT molecular complexity index is 1090. The van der Waals surface area contributed by atoms with Gasteiger partial charge in [0, 0.05) is 43.7 Å². The predicted molar refractivity (Wildman–Crippen MR) is 96.2 cm³/mol. The van der Waals surface area contributed by atoms with Crippen LogP contribution in [0.1, 0.15) is 28.7 Å². The van der Waals surface area contributed by atoms with Crippen LogP contribution in [0.2, 0.25) is 0 Å². The van der Waals surface area contributed by atoms with Gasteiger partial charge >= 0.3 is 0 Å².